The molecule has 0 unspecified atom stereocenters. The summed E-state index contributed by atoms with van der Waals surface area (Å²) in [5.41, 5.74) is -6.82. The van der Waals surface area contributed by atoms with Gasteiger partial charge < -0.3 is 43.4 Å². The van der Waals surface area contributed by atoms with Gasteiger partial charge in [0.1, 0.15) is 36.4 Å². The molecule has 3 heterocycles. The van der Waals surface area contributed by atoms with Crippen LogP contribution in [0.15, 0.2) is 35.2 Å². The fourth-order valence-corrected chi connectivity index (χ4v) is 10.2. The summed E-state index contributed by atoms with van der Waals surface area (Å²) in [6.07, 6.45) is -3.50. The van der Waals surface area contributed by atoms with Crippen LogP contribution >= 0.6 is 0 Å². The van der Waals surface area contributed by atoms with E-state index in [0.29, 0.717) is 12.0 Å². The Bertz CT molecular complexity index is 1570. The molecule has 3 saturated carbocycles. The largest absolute Gasteiger partial charge is 0.472 e. The van der Waals surface area contributed by atoms with E-state index < -0.39 is 112 Å². The van der Waals surface area contributed by atoms with Crippen molar-refractivity contribution in [1.82, 2.24) is 0 Å². The van der Waals surface area contributed by atoms with Crippen LogP contribution in [0.25, 0.3) is 0 Å². The van der Waals surface area contributed by atoms with Gasteiger partial charge in [-0.05, 0) is 30.0 Å². The third-order valence-electron chi connectivity index (χ3n) is 12.6. The van der Waals surface area contributed by atoms with E-state index in [1.54, 1.807) is 33.8 Å². The summed E-state index contributed by atoms with van der Waals surface area (Å²) in [5.74, 6) is -10.5. The number of Topliss-reactive ketones (excluding diaryl/α,β-unsaturated/α-hetero) is 1. The maximum absolute atomic E-state index is 14.3. The first-order valence-electron chi connectivity index (χ1n) is 16.6. The van der Waals surface area contributed by atoms with E-state index in [-0.39, 0.29) is 25.1 Å². The van der Waals surface area contributed by atoms with Crippen molar-refractivity contribution in [2.75, 3.05) is 6.61 Å². The average molecular weight is 689 g/mol. The van der Waals surface area contributed by atoms with Gasteiger partial charge in [-0.3, -0.25) is 19.2 Å². The van der Waals surface area contributed by atoms with Crippen LogP contribution in [-0.4, -0.2) is 93.5 Å². The molecule has 14 heteroatoms. The lowest BCUT2D eigenvalue weighted by Crippen LogP contribution is -2.73. The van der Waals surface area contributed by atoms with Gasteiger partial charge in [0, 0.05) is 42.9 Å². The molecule has 14 atom stereocenters. The van der Waals surface area contributed by atoms with E-state index in [1.165, 1.54) is 19.5 Å². The van der Waals surface area contributed by atoms with Crippen LogP contribution in [0.2, 0.25) is 0 Å². The third kappa shape index (κ3) is 4.56. The van der Waals surface area contributed by atoms with E-state index in [2.05, 4.69) is 6.58 Å². The van der Waals surface area contributed by atoms with Gasteiger partial charge in [-0.15, -0.1) is 0 Å². The summed E-state index contributed by atoms with van der Waals surface area (Å²) >= 11 is 0. The van der Waals surface area contributed by atoms with Crippen LogP contribution in [0.5, 0.6) is 0 Å². The number of aliphatic hydroxyl groups excluding tert-OH is 1. The molecule has 3 N–H and O–H groups in total. The first-order chi connectivity index (χ1) is 22.9. The Morgan fingerprint density at radius 3 is 2.45 bits per heavy atom. The molecule has 1 aromatic heterocycles. The van der Waals surface area contributed by atoms with Crippen LogP contribution in [0.3, 0.4) is 0 Å². The van der Waals surface area contributed by atoms with Crippen molar-refractivity contribution < 1.29 is 67.4 Å². The number of hydrogen-bond donors (Lipinski definition) is 3. The standard InChI is InChI=1S/C35H44O14/c1-8-16(2)25(39)30(41)48-28-26(46-15-36)23(17(3)35(43)21(38)11-20(33(28,35)7)19-9-10-44-13-19)32(6)22(47-18(4)37)12-34(42)24-27(32)31(5,49-34)14-45-29(24)40/h9-10,13,15-16,20,22-28,39,42-43H,3,8,11-12,14H2,1-2,4-7H3/t16-,20-,22-,23+,24+,25-,26+,27-,28-,31+,32+,33+,34+,35+/m0/s1. The quantitative estimate of drug-likeness (QED) is 0.146. The van der Waals surface area contributed by atoms with Gasteiger partial charge in [0.15, 0.2) is 23.3 Å². The molecule has 5 fully saturated rings. The molecule has 14 nitrogen and oxygen atoms in total. The molecule has 2 aliphatic heterocycles. The third-order valence-corrected chi connectivity index (χ3v) is 12.6. The Kier molecular flexibility index (Phi) is 8.25. The molecule has 4 bridgehead atoms. The molecule has 2 saturated heterocycles. The predicted octanol–water partition coefficient (Wildman–Crippen LogP) is 1.73. The highest BCUT2D eigenvalue weighted by atomic mass is 16.7. The summed E-state index contributed by atoms with van der Waals surface area (Å²) in [4.78, 5) is 66.5. The van der Waals surface area contributed by atoms with Crippen LogP contribution in [0.1, 0.15) is 72.3 Å². The van der Waals surface area contributed by atoms with Crippen LogP contribution in [0, 0.1) is 34.5 Å². The van der Waals surface area contributed by atoms with Gasteiger partial charge in [-0.25, -0.2) is 4.79 Å². The van der Waals surface area contributed by atoms with Crippen molar-refractivity contribution in [2.45, 2.75) is 108 Å². The fourth-order valence-electron chi connectivity index (χ4n) is 10.2. The van der Waals surface area contributed by atoms with Gasteiger partial charge in [0.05, 0.1) is 17.9 Å². The number of fused-ring (bicyclic) bond motifs is 1. The first-order valence-corrected chi connectivity index (χ1v) is 16.6. The SMILES string of the molecule is C=C1[C@@H]([C@@]2(C)[C@@H](OC(C)=O)C[C@@]3(O)O[C@]4(C)COC(=O)[C@H]3[C@H]24)[C@@H](OC=O)[C@H](OC(=O)[C@@H](O)[C@@H](C)CC)[C@@]2(C)[C@H](c3ccoc3)CC(=O)[C@]12O. The molecule has 6 rings (SSSR count). The maximum atomic E-state index is 14.3. The number of aliphatic hydroxyl groups is 3. The summed E-state index contributed by atoms with van der Waals surface area (Å²) in [6, 6.07) is 1.61. The smallest absolute Gasteiger partial charge is 0.335 e. The van der Waals surface area contributed by atoms with Gasteiger partial charge in [0.25, 0.3) is 6.47 Å². The fraction of sp³-hybridized carbons (Fsp3) is 0.686. The Balaban J connectivity index is 1.61. The Morgan fingerprint density at radius 2 is 1.86 bits per heavy atom. The van der Waals surface area contributed by atoms with E-state index in [4.69, 9.17) is 28.1 Å². The van der Waals surface area contributed by atoms with Gasteiger partial charge in [-0.1, -0.05) is 40.7 Å². The number of hydrogen-bond acceptors (Lipinski definition) is 14. The van der Waals surface area contributed by atoms with Gasteiger partial charge in [-0.2, -0.15) is 0 Å². The molecule has 0 amide bonds. The minimum atomic E-state index is -2.46. The second kappa shape index (κ2) is 11.5. The second-order valence-electron chi connectivity index (χ2n) is 15.1. The van der Waals surface area contributed by atoms with Gasteiger partial charge in [0.2, 0.25) is 0 Å². The van der Waals surface area contributed by atoms with Crippen molar-refractivity contribution in [2.24, 2.45) is 34.5 Å². The molecule has 49 heavy (non-hydrogen) atoms. The molecule has 1 aromatic rings. The van der Waals surface area contributed by atoms with E-state index in [9.17, 15) is 39.3 Å². The topological polar surface area (TPSA) is 205 Å². The highest BCUT2D eigenvalue weighted by molar-refractivity contribution is 5.96. The zero-order valence-electron chi connectivity index (χ0n) is 28.4. The number of ketones is 1. The Morgan fingerprint density at radius 1 is 1.16 bits per heavy atom. The number of carbonyl (C=O) groups is 5. The summed E-state index contributed by atoms with van der Waals surface area (Å²) < 4.78 is 34.8. The number of cyclic esters (lactones) is 1. The summed E-state index contributed by atoms with van der Waals surface area (Å²) in [6.45, 7) is 13.5. The number of ether oxygens (including phenoxy) is 5. The molecule has 0 spiro atoms. The normalized spacial score (nSPS) is 45.2. The highest BCUT2D eigenvalue weighted by Gasteiger charge is 2.82. The van der Waals surface area contributed by atoms with Gasteiger partial charge >= 0.3 is 17.9 Å². The molecular formula is C35H44O14. The molecule has 0 radical (unpaired) electrons. The molecule has 0 aromatic carbocycles. The highest BCUT2D eigenvalue weighted by Crippen LogP contribution is 2.72. The van der Waals surface area contributed by atoms with E-state index >= 15 is 0 Å². The van der Waals surface area contributed by atoms with Crippen molar-refractivity contribution >= 4 is 30.2 Å². The molecule has 5 aliphatic rings. The zero-order chi connectivity index (χ0) is 36.1. The second-order valence-corrected chi connectivity index (χ2v) is 15.1. The van der Waals surface area contributed by atoms with Crippen molar-refractivity contribution in [3.8, 4) is 0 Å². The van der Waals surface area contributed by atoms with Crippen molar-refractivity contribution in [1.29, 1.82) is 0 Å². The number of rotatable bonds is 9. The lowest BCUT2D eigenvalue weighted by molar-refractivity contribution is -0.260. The van der Waals surface area contributed by atoms with Crippen LogP contribution < -0.4 is 0 Å². The van der Waals surface area contributed by atoms with E-state index in [1.807, 2.05) is 0 Å². The van der Waals surface area contributed by atoms with Crippen molar-refractivity contribution in [3.63, 3.8) is 0 Å². The maximum Gasteiger partial charge on any atom is 0.335 e. The first kappa shape index (κ1) is 35.2. The number of furan rings is 1. The van der Waals surface area contributed by atoms with E-state index in [0.717, 1.165) is 6.92 Å². The monoisotopic (exact) mass is 688 g/mol. The summed E-state index contributed by atoms with van der Waals surface area (Å²) in [7, 11) is 0. The van der Waals surface area contributed by atoms with Crippen molar-refractivity contribution in [3.05, 3.63) is 36.3 Å². The zero-order valence-corrected chi connectivity index (χ0v) is 28.4. The summed E-state index contributed by atoms with van der Waals surface area (Å²) in [5, 5.41) is 35.6. The number of carbonyl (C=O) groups excluding carboxylic acids is 5. The molecule has 3 aliphatic carbocycles. The Labute approximate surface area is 283 Å². The minimum Gasteiger partial charge on any atom is -0.472 e. The lowest BCUT2D eigenvalue weighted by Gasteiger charge is -2.63. The average Bonchev–Trinajstić information content (AvgIpc) is 3.67. The van der Waals surface area contributed by atoms with Crippen LogP contribution in [0.4, 0.5) is 0 Å². The number of esters is 3. The predicted molar refractivity (Wildman–Crippen MR) is 164 cm³/mol. The Hall–Kier alpha value is -3.59. The van der Waals surface area contributed by atoms with Crippen LogP contribution in [-0.2, 0) is 47.7 Å². The molecule has 268 valence electrons. The lowest BCUT2D eigenvalue weighted by atomic mass is 9.44. The molecular weight excluding hydrogens is 644 g/mol. The minimum absolute atomic E-state index is 0.125.